The molecule has 0 amide bonds. The van der Waals surface area contributed by atoms with Crippen LogP contribution in [0.1, 0.15) is 16.9 Å². The number of hydrogen-bond donors (Lipinski definition) is 1. The number of anilines is 1. The summed E-state index contributed by atoms with van der Waals surface area (Å²) in [6.07, 6.45) is 2.24. The van der Waals surface area contributed by atoms with Crippen LogP contribution in [0.25, 0.3) is 0 Å². The standard InChI is InChI=1S/C12H17N3O4/c16-11(17)10-8-19-12(13-10)15-2-1-9(7-15)14-3-5-18-6-4-14/h8-9H,1-7H2,(H,16,17). The molecule has 2 fully saturated rings. The zero-order valence-electron chi connectivity index (χ0n) is 10.6. The maximum absolute atomic E-state index is 10.8. The van der Waals surface area contributed by atoms with Crippen LogP contribution in [0, 0.1) is 0 Å². The number of aromatic carboxylic acids is 1. The molecule has 3 heterocycles. The summed E-state index contributed by atoms with van der Waals surface area (Å²) in [7, 11) is 0. The molecule has 1 N–H and O–H groups in total. The Hall–Kier alpha value is -1.60. The van der Waals surface area contributed by atoms with Crippen LogP contribution in [0.15, 0.2) is 10.7 Å². The van der Waals surface area contributed by atoms with E-state index in [1.54, 1.807) is 0 Å². The first-order valence-electron chi connectivity index (χ1n) is 6.49. The van der Waals surface area contributed by atoms with Gasteiger partial charge in [0.1, 0.15) is 6.26 Å². The predicted octanol–water partition coefficient (Wildman–Crippen LogP) is 0.284. The van der Waals surface area contributed by atoms with E-state index >= 15 is 0 Å². The minimum Gasteiger partial charge on any atom is -0.476 e. The van der Waals surface area contributed by atoms with Gasteiger partial charge in [0.15, 0.2) is 5.69 Å². The second-order valence-electron chi connectivity index (χ2n) is 4.86. The van der Waals surface area contributed by atoms with Crippen LogP contribution in [0.2, 0.25) is 0 Å². The van der Waals surface area contributed by atoms with Gasteiger partial charge in [-0.05, 0) is 6.42 Å². The first-order chi connectivity index (χ1) is 9.24. The Morgan fingerprint density at radius 1 is 1.37 bits per heavy atom. The SMILES string of the molecule is O=C(O)c1coc(N2CCC(N3CCOCC3)C2)n1. The molecular formula is C12H17N3O4. The van der Waals surface area contributed by atoms with Crippen molar-refractivity contribution in [1.82, 2.24) is 9.88 Å². The Morgan fingerprint density at radius 3 is 2.84 bits per heavy atom. The zero-order valence-corrected chi connectivity index (χ0v) is 10.6. The molecule has 19 heavy (non-hydrogen) atoms. The van der Waals surface area contributed by atoms with Crippen LogP contribution in [-0.4, -0.2) is 66.4 Å². The molecule has 7 nitrogen and oxygen atoms in total. The molecule has 2 aliphatic rings. The molecule has 7 heteroatoms. The lowest BCUT2D eigenvalue weighted by Crippen LogP contribution is -2.44. The van der Waals surface area contributed by atoms with Crippen molar-refractivity contribution in [2.45, 2.75) is 12.5 Å². The van der Waals surface area contributed by atoms with Crippen molar-refractivity contribution in [1.29, 1.82) is 0 Å². The molecule has 2 saturated heterocycles. The number of carboxylic acid groups (broad SMARTS) is 1. The van der Waals surface area contributed by atoms with Gasteiger partial charge in [-0.2, -0.15) is 4.98 Å². The van der Waals surface area contributed by atoms with Crippen LogP contribution in [-0.2, 0) is 4.74 Å². The van der Waals surface area contributed by atoms with Crippen LogP contribution < -0.4 is 4.90 Å². The highest BCUT2D eigenvalue weighted by atomic mass is 16.5. The van der Waals surface area contributed by atoms with E-state index in [-0.39, 0.29) is 5.69 Å². The van der Waals surface area contributed by atoms with Gasteiger partial charge < -0.3 is 19.2 Å². The Morgan fingerprint density at radius 2 is 2.16 bits per heavy atom. The van der Waals surface area contributed by atoms with Crippen molar-refractivity contribution in [2.75, 3.05) is 44.3 Å². The molecule has 0 aliphatic carbocycles. The van der Waals surface area contributed by atoms with Gasteiger partial charge in [-0.15, -0.1) is 0 Å². The van der Waals surface area contributed by atoms with Crippen molar-refractivity contribution in [2.24, 2.45) is 0 Å². The van der Waals surface area contributed by atoms with Gasteiger partial charge >= 0.3 is 5.97 Å². The second kappa shape index (κ2) is 5.18. The first-order valence-corrected chi connectivity index (χ1v) is 6.49. The third kappa shape index (κ3) is 2.57. The van der Waals surface area contributed by atoms with Gasteiger partial charge in [-0.25, -0.2) is 4.79 Å². The van der Waals surface area contributed by atoms with E-state index in [4.69, 9.17) is 14.3 Å². The topological polar surface area (TPSA) is 79.0 Å². The number of oxazole rings is 1. The molecule has 104 valence electrons. The van der Waals surface area contributed by atoms with E-state index in [1.807, 2.05) is 4.90 Å². The fourth-order valence-electron chi connectivity index (χ4n) is 2.66. The number of carbonyl (C=O) groups is 1. The highest BCUT2D eigenvalue weighted by Gasteiger charge is 2.31. The molecule has 0 spiro atoms. The molecule has 0 radical (unpaired) electrons. The minimum absolute atomic E-state index is 0.0372. The van der Waals surface area contributed by atoms with E-state index < -0.39 is 5.97 Å². The summed E-state index contributed by atoms with van der Waals surface area (Å²) < 4.78 is 10.6. The summed E-state index contributed by atoms with van der Waals surface area (Å²) in [5.74, 6) is -1.06. The first kappa shape index (κ1) is 12.4. The van der Waals surface area contributed by atoms with Crippen molar-refractivity contribution in [3.8, 4) is 0 Å². The summed E-state index contributed by atoms with van der Waals surface area (Å²) in [5, 5.41) is 8.83. The van der Waals surface area contributed by atoms with Gasteiger partial charge in [0.2, 0.25) is 0 Å². The lowest BCUT2D eigenvalue weighted by atomic mass is 10.2. The van der Waals surface area contributed by atoms with E-state index in [0.29, 0.717) is 12.1 Å². The van der Waals surface area contributed by atoms with Crippen molar-refractivity contribution in [3.05, 3.63) is 12.0 Å². The van der Waals surface area contributed by atoms with E-state index in [0.717, 1.165) is 45.8 Å². The van der Waals surface area contributed by atoms with Crippen molar-refractivity contribution in [3.63, 3.8) is 0 Å². The molecule has 0 bridgehead atoms. The van der Waals surface area contributed by atoms with Gasteiger partial charge in [0.05, 0.1) is 13.2 Å². The number of ether oxygens (including phenoxy) is 1. The zero-order chi connectivity index (χ0) is 13.2. The van der Waals surface area contributed by atoms with Crippen LogP contribution >= 0.6 is 0 Å². The van der Waals surface area contributed by atoms with E-state index in [1.165, 1.54) is 6.26 Å². The molecule has 1 aromatic rings. The van der Waals surface area contributed by atoms with E-state index in [2.05, 4.69) is 9.88 Å². The quantitative estimate of drug-likeness (QED) is 0.842. The second-order valence-corrected chi connectivity index (χ2v) is 4.86. The highest BCUT2D eigenvalue weighted by Crippen LogP contribution is 2.23. The predicted molar refractivity (Wildman–Crippen MR) is 66.5 cm³/mol. The Labute approximate surface area is 110 Å². The molecule has 2 aliphatic heterocycles. The van der Waals surface area contributed by atoms with Crippen LogP contribution in [0.5, 0.6) is 0 Å². The highest BCUT2D eigenvalue weighted by molar-refractivity contribution is 5.85. The molecular weight excluding hydrogens is 250 g/mol. The Bertz CT molecular complexity index is 456. The van der Waals surface area contributed by atoms with Crippen LogP contribution in [0.3, 0.4) is 0 Å². The monoisotopic (exact) mass is 267 g/mol. The molecule has 1 aromatic heterocycles. The van der Waals surface area contributed by atoms with Gasteiger partial charge in [0.25, 0.3) is 6.01 Å². The summed E-state index contributed by atoms with van der Waals surface area (Å²) in [6.45, 7) is 5.19. The summed E-state index contributed by atoms with van der Waals surface area (Å²) in [4.78, 5) is 19.2. The maximum atomic E-state index is 10.8. The van der Waals surface area contributed by atoms with Gasteiger partial charge in [-0.3, -0.25) is 4.90 Å². The molecule has 0 saturated carbocycles. The molecule has 1 atom stereocenters. The molecule has 1 unspecified atom stereocenters. The minimum atomic E-state index is -1.06. The number of nitrogens with zero attached hydrogens (tertiary/aromatic N) is 3. The maximum Gasteiger partial charge on any atom is 0.357 e. The number of morpholine rings is 1. The molecule has 0 aromatic carbocycles. The smallest absolute Gasteiger partial charge is 0.357 e. The Balaban J connectivity index is 1.62. The Kier molecular flexibility index (Phi) is 3.39. The number of hydrogen-bond acceptors (Lipinski definition) is 6. The summed E-state index contributed by atoms with van der Waals surface area (Å²) in [5.41, 5.74) is -0.0372. The summed E-state index contributed by atoms with van der Waals surface area (Å²) >= 11 is 0. The van der Waals surface area contributed by atoms with E-state index in [9.17, 15) is 4.79 Å². The third-order valence-electron chi connectivity index (χ3n) is 3.71. The van der Waals surface area contributed by atoms with Gasteiger partial charge in [0, 0.05) is 32.2 Å². The number of carboxylic acids is 1. The fourth-order valence-corrected chi connectivity index (χ4v) is 2.66. The number of aromatic nitrogens is 1. The number of rotatable bonds is 3. The lowest BCUT2D eigenvalue weighted by Gasteiger charge is -2.31. The normalized spacial score (nSPS) is 24.8. The largest absolute Gasteiger partial charge is 0.476 e. The summed E-state index contributed by atoms with van der Waals surface area (Å²) in [6, 6.07) is 0.886. The third-order valence-corrected chi connectivity index (χ3v) is 3.71. The van der Waals surface area contributed by atoms with Gasteiger partial charge in [-0.1, -0.05) is 0 Å². The average Bonchev–Trinajstić information content (AvgIpc) is 3.09. The fraction of sp³-hybridized carbons (Fsp3) is 0.667. The molecule has 3 rings (SSSR count). The van der Waals surface area contributed by atoms with Crippen molar-refractivity contribution < 1.29 is 19.1 Å². The lowest BCUT2D eigenvalue weighted by molar-refractivity contribution is 0.0209. The van der Waals surface area contributed by atoms with Crippen LogP contribution in [0.4, 0.5) is 6.01 Å². The average molecular weight is 267 g/mol. The van der Waals surface area contributed by atoms with Crippen molar-refractivity contribution >= 4 is 12.0 Å².